The predicted molar refractivity (Wildman–Crippen MR) is 110 cm³/mol. The fraction of sp³-hybridized carbons (Fsp3) is 0.435. The highest BCUT2D eigenvalue weighted by Gasteiger charge is 2.22. The van der Waals surface area contributed by atoms with Crippen LogP contribution in [-0.2, 0) is 4.57 Å². The van der Waals surface area contributed by atoms with Gasteiger partial charge in [0.25, 0.3) is 0 Å². The van der Waals surface area contributed by atoms with E-state index in [1.165, 1.54) is 19.3 Å². The van der Waals surface area contributed by atoms with Crippen molar-refractivity contribution < 1.29 is 9.36 Å². The molecule has 0 aliphatic heterocycles. The first-order chi connectivity index (χ1) is 12.6. The lowest BCUT2D eigenvalue weighted by Crippen LogP contribution is -2.10. The number of carbonyl (C=O) groups excluding carboxylic acids is 1. The second kappa shape index (κ2) is 10.4. The zero-order chi connectivity index (χ0) is 18.9. The van der Waals surface area contributed by atoms with Crippen molar-refractivity contribution in [2.24, 2.45) is 0 Å². The Balaban J connectivity index is 2.26. The number of carbonyl (C=O) groups is 1. The summed E-state index contributed by atoms with van der Waals surface area (Å²) in [5.74, 6) is 0.0378. The van der Waals surface area contributed by atoms with Crippen molar-refractivity contribution in [1.29, 1.82) is 0 Å². The Hall–Kier alpha value is -1.79. The zero-order valence-corrected chi connectivity index (χ0v) is 17.0. The Labute approximate surface area is 159 Å². The number of hydrogen-bond donors (Lipinski definition) is 0. The van der Waals surface area contributed by atoms with E-state index in [1.807, 2.05) is 56.3 Å². The molecule has 3 heteroatoms. The van der Waals surface area contributed by atoms with Gasteiger partial charge in [0.15, 0.2) is 14.2 Å². The second-order valence-corrected chi connectivity index (χ2v) is 7.84. The molecule has 0 aliphatic rings. The summed E-state index contributed by atoms with van der Waals surface area (Å²) < 4.78 is 11.9. The maximum Gasteiger partial charge on any atom is 0.193 e. The summed E-state index contributed by atoms with van der Waals surface area (Å²) in [6.45, 7) is 6.15. The number of unbranched alkanes of at least 4 members (excludes halogenated alkanes) is 4. The molecule has 1 atom stereocenters. The van der Waals surface area contributed by atoms with Gasteiger partial charge in [-0.3, -0.25) is 9.36 Å². The first-order valence-corrected chi connectivity index (χ1v) is 10.5. The number of benzene rings is 2. The third-order valence-corrected chi connectivity index (χ3v) is 5.77. The molecule has 0 aliphatic carbocycles. The van der Waals surface area contributed by atoms with Crippen molar-refractivity contribution in [2.75, 3.05) is 0 Å². The molecule has 0 radical (unpaired) electrons. The molecular formula is C23H29O2P. The van der Waals surface area contributed by atoms with Crippen LogP contribution in [-0.4, -0.2) is 5.78 Å². The third kappa shape index (κ3) is 5.11. The lowest BCUT2D eigenvalue weighted by Gasteiger charge is -2.16. The van der Waals surface area contributed by atoms with Crippen LogP contribution in [0.1, 0.15) is 83.7 Å². The fourth-order valence-electron chi connectivity index (χ4n) is 3.51. The van der Waals surface area contributed by atoms with Crippen LogP contribution in [0.4, 0.5) is 0 Å². The molecule has 0 heterocycles. The van der Waals surface area contributed by atoms with Gasteiger partial charge in [-0.2, -0.15) is 0 Å². The Morgan fingerprint density at radius 2 is 1.58 bits per heavy atom. The molecule has 2 aromatic rings. The van der Waals surface area contributed by atoms with Crippen LogP contribution in [0.5, 0.6) is 0 Å². The van der Waals surface area contributed by atoms with Gasteiger partial charge in [-0.1, -0.05) is 81.5 Å². The third-order valence-electron chi connectivity index (χ3n) is 4.98. The largest absolute Gasteiger partial charge is 0.289 e. The average Bonchev–Trinajstić information content (AvgIpc) is 2.64. The molecule has 138 valence electrons. The Bertz CT molecular complexity index is 731. The molecule has 2 nitrogen and oxygen atoms in total. The first-order valence-electron chi connectivity index (χ1n) is 9.62. The molecule has 0 bridgehead atoms. The Kier molecular flexibility index (Phi) is 8.19. The number of hydrogen-bond acceptors (Lipinski definition) is 2. The van der Waals surface area contributed by atoms with E-state index in [9.17, 15) is 9.36 Å². The van der Waals surface area contributed by atoms with Crippen LogP contribution in [0.3, 0.4) is 0 Å². The van der Waals surface area contributed by atoms with Crippen LogP contribution in [0.2, 0.25) is 0 Å². The fourth-order valence-corrected chi connectivity index (χ4v) is 4.13. The Morgan fingerprint density at radius 3 is 2.23 bits per heavy atom. The second-order valence-electron chi connectivity index (χ2n) is 7.01. The normalized spacial score (nSPS) is 12.3. The molecule has 0 aromatic heterocycles. The minimum Gasteiger partial charge on any atom is -0.289 e. The van der Waals surface area contributed by atoms with E-state index >= 15 is 0 Å². The van der Waals surface area contributed by atoms with Crippen molar-refractivity contribution in [3.8, 4) is 0 Å². The summed E-state index contributed by atoms with van der Waals surface area (Å²) in [4.78, 5) is 13.2. The predicted octanol–water partition coefficient (Wildman–Crippen LogP) is 7.23. The quantitative estimate of drug-likeness (QED) is 0.252. The summed E-state index contributed by atoms with van der Waals surface area (Å²) >= 11 is 0. The maximum absolute atomic E-state index is 13.2. The molecule has 1 unspecified atom stereocenters. The van der Waals surface area contributed by atoms with Gasteiger partial charge in [0.05, 0.1) is 5.66 Å². The van der Waals surface area contributed by atoms with Crippen molar-refractivity contribution in [3.05, 3.63) is 70.3 Å². The SMILES string of the molecule is CCCCCCCC(P=O)c1ccccc1C(=O)c1c(C)cccc1C. The van der Waals surface area contributed by atoms with E-state index in [4.69, 9.17) is 0 Å². The topological polar surface area (TPSA) is 34.1 Å². The van der Waals surface area contributed by atoms with Crippen LogP contribution >= 0.6 is 8.46 Å². The highest BCUT2D eigenvalue weighted by molar-refractivity contribution is 7.24. The van der Waals surface area contributed by atoms with Gasteiger partial charge >= 0.3 is 0 Å². The van der Waals surface area contributed by atoms with Crippen molar-refractivity contribution in [3.63, 3.8) is 0 Å². The summed E-state index contributed by atoms with van der Waals surface area (Å²) in [7, 11) is 0.0987. The van der Waals surface area contributed by atoms with Gasteiger partial charge < -0.3 is 0 Å². The van der Waals surface area contributed by atoms with Gasteiger partial charge in [0, 0.05) is 11.1 Å². The standard InChI is InChI=1S/C23H29O2P/c1-4-5-6-7-8-16-21(26-25)19-14-9-10-15-20(19)23(24)22-17(2)12-11-13-18(22)3/h9-15,21H,4-8,16H2,1-3H3. The van der Waals surface area contributed by atoms with Crippen LogP contribution in [0.15, 0.2) is 42.5 Å². The van der Waals surface area contributed by atoms with Gasteiger partial charge in [0.1, 0.15) is 0 Å². The number of ketones is 1. The highest BCUT2D eigenvalue weighted by atomic mass is 31.1. The minimum absolute atomic E-state index is 0.0378. The van der Waals surface area contributed by atoms with Crippen molar-refractivity contribution in [2.45, 2.75) is 65.0 Å². The lowest BCUT2D eigenvalue weighted by atomic mass is 9.90. The molecule has 0 spiro atoms. The van der Waals surface area contributed by atoms with Crippen LogP contribution in [0.25, 0.3) is 0 Å². The smallest absolute Gasteiger partial charge is 0.193 e. The monoisotopic (exact) mass is 368 g/mol. The molecule has 0 N–H and O–H groups in total. The summed E-state index contributed by atoms with van der Waals surface area (Å²) in [5.41, 5.74) is 4.23. The van der Waals surface area contributed by atoms with Gasteiger partial charge in [-0.25, -0.2) is 0 Å². The van der Waals surface area contributed by atoms with E-state index in [2.05, 4.69) is 6.92 Å². The van der Waals surface area contributed by atoms with Gasteiger partial charge in [-0.15, -0.1) is 0 Å². The average molecular weight is 368 g/mol. The molecule has 0 amide bonds. The molecule has 0 saturated carbocycles. The van der Waals surface area contributed by atoms with Crippen molar-refractivity contribution in [1.82, 2.24) is 0 Å². The summed E-state index contributed by atoms with van der Waals surface area (Å²) in [6, 6.07) is 13.6. The van der Waals surface area contributed by atoms with E-state index in [-0.39, 0.29) is 19.9 Å². The molecule has 0 fully saturated rings. The van der Waals surface area contributed by atoms with Gasteiger partial charge in [0.2, 0.25) is 0 Å². The lowest BCUT2D eigenvalue weighted by molar-refractivity contribution is 0.103. The van der Waals surface area contributed by atoms with Gasteiger partial charge in [-0.05, 0) is 37.0 Å². The Morgan fingerprint density at radius 1 is 0.923 bits per heavy atom. The summed E-state index contributed by atoms with van der Waals surface area (Å²) in [6.07, 6.45) is 6.75. The number of aryl methyl sites for hydroxylation is 2. The van der Waals surface area contributed by atoms with E-state index < -0.39 is 0 Å². The summed E-state index contributed by atoms with van der Waals surface area (Å²) in [5, 5.41) is 0. The number of rotatable bonds is 10. The molecule has 0 saturated heterocycles. The van der Waals surface area contributed by atoms with Crippen molar-refractivity contribution >= 4 is 14.2 Å². The molecule has 2 rings (SSSR count). The first kappa shape index (κ1) is 20.5. The van der Waals surface area contributed by atoms with Crippen LogP contribution in [0, 0.1) is 13.8 Å². The molecular weight excluding hydrogens is 339 g/mol. The van der Waals surface area contributed by atoms with E-state index in [1.54, 1.807) is 0 Å². The zero-order valence-electron chi connectivity index (χ0n) is 16.1. The van der Waals surface area contributed by atoms with E-state index in [0.717, 1.165) is 41.5 Å². The van der Waals surface area contributed by atoms with E-state index in [0.29, 0.717) is 5.56 Å². The molecule has 2 aromatic carbocycles. The molecule has 26 heavy (non-hydrogen) atoms. The minimum atomic E-state index is -0.110. The van der Waals surface area contributed by atoms with Crippen LogP contribution < -0.4 is 0 Å². The highest BCUT2D eigenvalue weighted by Crippen LogP contribution is 2.35. The maximum atomic E-state index is 13.2.